The molecule has 1 N–H and O–H groups in total. The zero-order valence-corrected chi connectivity index (χ0v) is 21.6. The maximum absolute atomic E-state index is 13.3. The van der Waals surface area contributed by atoms with E-state index in [0.29, 0.717) is 27.2 Å². The highest BCUT2D eigenvalue weighted by molar-refractivity contribution is 7.99. The van der Waals surface area contributed by atoms with E-state index >= 15 is 0 Å². The molecule has 0 spiro atoms. The summed E-state index contributed by atoms with van der Waals surface area (Å²) in [6.07, 6.45) is 1.33. The van der Waals surface area contributed by atoms with Crippen molar-refractivity contribution < 1.29 is 9.59 Å². The molecular weight excluding hydrogens is 487 g/mol. The minimum absolute atomic E-state index is 0.0377. The smallest absolute Gasteiger partial charge is 0.243 e. The highest BCUT2D eigenvalue weighted by atomic mass is 35.5. The van der Waals surface area contributed by atoms with Crippen LogP contribution >= 0.6 is 46.6 Å². The second-order valence-electron chi connectivity index (χ2n) is 7.63. The van der Waals surface area contributed by atoms with Gasteiger partial charge in [0.05, 0.1) is 15.8 Å². The molecular formula is C24H29Cl3N2O2S. The number of carbonyl (C=O) groups is 2. The third kappa shape index (κ3) is 8.18. The number of thioether (sulfide) groups is 1. The van der Waals surface area contributed by atoms with Crippen LogP contribution in [0.1, 0.15) is 44.7 Å². The Morgan fingerprint density at radius 2 is 1.75 bits per heavy atom. The zero-order chi connectivity index (χ0) is 23.7. The molecule has 0 heterocycles. The number of nitrogens with one attached hydrogen (secondary N) is 1. The van der Waals surface area contributed by atoms with Gasteiger partial charge in [-0.25, -0.2) is 0 Å². The molecule has 0 aliphatic carbocycles. The molecule has 8 heteroatoms. The Balaban J connectivity index is 2.17. The summed E-state index contributed by atoms with van der Waals surface area (Å²) >= 11 is 19.8. The number of hydrogen-bond acceptors (Lipinski definition) is 3. The summed E-state index contributed by atoms with van der Waals surface area (Å²) in [5, 5.41) is 4.55. The Morgan fingerprint density at radius 1 is 1.00 bits per heavy atom. The van der Waals surface area contributed by atoms with Gasteiger partial charge in [-0.2, -0.15) is 0 Å². The van der Waals surface area contributed by atoms with Crippen molar-refractivity contribution in [1.29, 1.82) is 0 Å². The summed E-state index contributed by atoms with van der Waals surface area (Å²) in [6.45, 7) is 6.16. The Labute approximate surface area is 210 Å². The molecule has 0 aliphatic heterocycles. The monoisotopic (exact) mass is 514 g/mol. The minimum atomic E-state index is -0.572. The number of rotatable bonds is 11. The fourth-order valence-electron chi connectivity index (χ4n) is 3.16. The quantitative estimate of drug-likeness (QED) is 0.367. The van der Waals surface area contributed by atoms with Crippen molar-refractivity contribution in [2.24, 2.45) is 0 Å². The van der Waals surface area contributed by atoms with E-state index in [1.807, 2.05) is 51.1 Å². The summed E-state index contributed by atoms with van der Waals surface area (Å²) in [5.74, 6) is 0.660. The average Bonchev–Trinajstić information content (AvgIpc) is 2.75. The molecule has 4 nitrogen and oxygen atoms in total. The van der Waals surface area contributed by atoms with Gasteiger partial charge >= 0.3 is 0 Å². The van der Waals surface area contributed by atoms with Crippen LogP contribution in [0.15, 0.2) is 42.5 Å². The molecule has 0 fully saturated rings. The van der Waals surface area contributed by atoms with Gasteiger partial charge in [-0.1, -0.05) is 66.8 Å². The van der Waals surface area contributed by atoms with Crippen molar-refractivity contribution in [2.45, 2.75) is 58.0 Å². The van der Waals surface area contributed by atoms with Crippen LogP contribution in [-0.2, 0) is 21.9 Å². The molecule has 0 bridgehead atoms. The number of halogens is 3. The maximum Gasteiger partial charge on any atom is 0.243 e. The van der Waals surface area contributed by atoms with Crippen molar-refractivity contribution in [3.05, 3.63) is 68.7 Å². The summed E-state index contributed by atoms with van der Waals surface area (Å²) < 4.78 is 0. The van der Waals surface area contributed by atoms with Crippen molar-refractivity contribution >= 4 is 58.4 Å². The van der Waals surface area contributed by atoms with Crippen molar-refractivity contribution in [1.82, 2.24) is 10.2 Å². The van der Waals surface area contributed by atoms with E-state index in [4.69, 9.17) is 34.8 Å². The third-order valence-corrected chi connectivity index (χ3v) is 7.07. The van der Waals surface area contributed by atoms with Gasteiger partial charge in [-0.05, 0) is 55.2 Å². The lowest BCUT2D eigenvalue weighted by atomic mass is 10.1. The lowest BCUT2D eigenvalue weighted by molar-refractivity contribution is -0.139. The Hall–Kier alpha value is -1.40. The first-order valence-electron chi connectivity index (χ1n) is 10.6. The van der Waals surface area contributed by atoms with Gasteiger partial charge in [-0.3, -0.25) is 9.59 Å². The van der Waals surface area contributed by atoms with Crippen LogP contribution in [0.4, 0.5) is 0 Å². The SMILES string of the molecule is CC[C@@H](C)NC(=O)[C@H](CC)N(Cc1ccc(Cl)c(Cl)c1)C(=O)CSCc1cccc(Cl)c1. The Bertz CT molecular complexity index is 926. The number of nitrogens with zero attached hydrogens (tertiary/aromatic N) is 1. The molecule has 2 aromatic carbocycles. The molecule has 0 saturated heterocycles. The van der Waals surface area contributed by atoms with E-state index in [0.717, 1.165) is 17.5 Å². The molecule has 0 radical (unpaired) electrons. The Kier molecular flexibility index (Phi) is 11.2. The molecule has 2 rings (SSSR count). The van der Waals surface area contributed by atoms with E-state index in [9.17, 15) is 9.59 Å². The van der Waals surface area contributed by atoms with Gasteiger partial charge in [0, 0.05) is 23.4 Å². The first-order valence-corrected chi connectivity index (χ1v) is 12.9. The number of benzene rings is 2. The van der Waals surface area contributed by atoms with Crippen molar-refractivity contribution in [3.8, 4) is 0 Å². The molecule has 2 atom stereocenters. The molecule has 0 unspecified atom stereocenters. The molecule has 0 aromatic heterocycles. The van der Waals surface area contributed by atoms with Crippen LogP contribution in [0, 0.1) is 0 Å². The fourth-order valence-corrected chi connectivity index (χ4v) is 4.55. The standard InChI is InChI=1S/C24H29Cl3N2O2S/c1-4-16(3)28-24(31)22(5-2)29(13-17-9-10-20(26)21(27)12-17)23(30)15-32-14-18-7-6-8-19(25)11-18/h6-12,16,22H,4-5,13-15H2,1-3H3,(H,28,31)/t16-,22+/m1/s1. The topological polar surface area (TPSA) is 49.4 Å². The van der Waals surface area contributed by atoms with Gasteiger partial charge in [0.15, 0.2) is 0 Å². The summed E-state index contributed by atoms with van der Waals surface area (Å²) in [7, 11) is 0. The first-order chi connectivity index (χ1) is 15.2. The molecule has 2 amide bonds. The molecule has 2 aromatic rings. The lowest BCUT2D eigenvalue weighted by Gasteiger charge is -2.31. The average molecular weight is 516 g/mol. The first kappa shape index (κ1) is 26.8. The second kappa shape index (κ2) is 13.3. The van der Waals surface area contributed by atoms with Crippen molar-refractivity contribution in [3.63, 3.8) is 0 Å². The van der Waals surface area contributed by atoms with Crippen LogP contribution in [0.5, 0.6) is 0 Å². The van der Waals surface area contributed by atoms with Crippen molar-refractivity contribution in [2.75, 3.05) is 5.75 Å². The van der Waals surface area contributed by atoms with Crippen LogP contribution in [-0.4, -0.2) is 34.6 Å². The normalized spacial score (nSPS) is 12.8. The number of hydrogen-bond donors (Lipinski definition) is 1. The van der Waals surface area contributed by atoms with E-state index in [1.165, 1.54) is 11.8 Å². The molecule has 0 aliphatic rings. The van der Waals surface area contributed by atoms with Gasteiger partial charge < -0.3 is 10.2 Å². The molecule has 32 heavy (non-hydrogen) atoms. The fraction of sp³-hybridized carbons (Fsp3) is 0.417. The van der Waals surface area contributed by atoms with E-state index in [2.05, 4.69) is 5.32 Å². The van der Waals surface area contributed by atoms with Crippen LogP contribution in [0.3, 0.4) is 0 Å². The maximum atomic E-state index is 13.3. The van der Waals surface area contributed by atoms with Crippen LogP contribution < -0.4 is 5.32 Å². The predicted molar refractivity (Wildman–Crippen MR) is 137 cm³/mol. The largest absolute Gasteiger partial charge is 0.352 e. The van der Waals surface area contributed by atoms with E-state index in [-0.39, 0.29) is 30.2 Å². The lowest BCUT2D eigenvalue weighted by Crippen LogP contribution is -2.51. The minimum Gasteiger partial charge on any atom is -0.352 e. The molecule has 0 saturated carbocycles. The van der Waals surface area contributed by atoms with Gasteiger partial charge in [-0.15, -0.1) is 11.8 Å². The predicted octanol–water partition coefficient (Wildman–Crippen LogP) is 6.60. The second-order valence-corrected chi connectivity index (χ2v) is 9.87. The summed E-state index contributed by atoms with van der Waals surface area (Å²) in [5.41, 5.74) is 1.87. The highest BCUT2D eigenvalue weighted by Crippen LogP contribution is 2.25. The highest BCUT2D eigenvalue weighted by Gasteiger charge is 2.29. The Morgan fingerprint density at radius 3 is 2.38 bits per heavy atom. The van der Waals surface area contributed by atoms with Gasteiger partial charge in [0.25, 0.3) is 0 Å². The summed E-state index contributed by atoms with van der Waals surface area (Å²) in [6, 6.07) is 12.3. The number of amides is 2. The van der Waals surface area contributed by atoms with Gasteiger partial charge in [0.1, 0.15) is 6.04 Å². The third-order valence-electron chi connectivity index (χ3n) is 5.11. The van der Waals surface area contributed by atoms with E-state index < -0.39 is 6.04 Å². The van der Waals surface area contributed by atoms with E-state index in [1.54, 1.807) is 17.0 Å². The number of carbonyl (C=O) groups excluding carboxylic acids is 2. The zero-order valence-electron chi connectivity index (χ0n) is 18.5. The molecule has 174 valence electrons. The van der Waals surface area contributed by atoms with Crippen LogP contribution in [0.25, 0.3) is 0 Å². The van der Waals surface area contributed by atoms with Crippen LogP contribution in [0.2, 0.25) is 15.1 Å². The van der Waals surface area contributed by atoms with Gasteiger partial charge in [0.2, 0.25) is 11.8 Å². The summed E-state index contributed by atoms with van der Waals surface area (Å²) in [4.78, 5) is 27.9.